The van der Waals surface area contributed by atoms with E-state index in [4.69, 9.17) is 5.73 Å². The Labute approximate surface area is 114 Å². The van der Waals surface area contributed by atoms with E-state index in [9.17, 15) is 0 Å². The Hall–Kier alpha value is -0.120. The monoisotopic (exact) mass is 255 g/mol. The van der Waals surface area contributed by atoms with Gasteiger partial charge in [0.25, 0.3) is 0 Å². The van der Waals surface area contributed by atoms with Gasteiger partial charge in [-0.1, -0.05) is 20.8 Å². The molecule has 0 aromatic heterocycles. The highest BCUT2D eigenvalue weighted by Gasteiger charge is 2.44. The summed E-state index contributed by atoms with van der Waals surface area (Å²) in [6, 6.07) is 0. The third kappa shape index (κ3) is 3.94. The lowest BCUT2D eigenvalue weighted by Gasteiger charge is -2.52. The Morgan fingerprint density at radius 1 is 1.11 bits per heavy atom. The third-order valence-corrected chi connectivity index (χ3v) is 4.51. The van der Waals surface area contributed by atoms with E-state index in [1.54, 1.807) is 0 Å². The van der Waals surface area contributed by atoms with Gasteiger partial charge in [0, 0.05) is 25.2 Å². The zero-order valence-corrected chi connectivity index (χ0v) is 13.3. The zero-order valence-electron chi connectivity index (χ0n) is 13.3. The summed E-state index contributed by atoms with van der Waals surface area (Å²) in [6.45, 7) is 10.2. The Balaban J connectivity index is 2.77. The molecule has 0 aromatic carbocycles. The van der Waals surface area contributed by atoms with Gasteiger partial charge in [-0.2, -0.15) is 0 Å². The summed E-state index contributed by atoms with van der Waals surface area (Å²) in [4.78, 5) is 4.77. The average molecular weight is 255 g/mol. The molecule has 0 aliphatic heterocycles. The highest BCUT2D eigenvalue weighted by Crippen LogP contribution is 2.45. The molecule has 1 aliphatic rings. The van der Waals surface area contributed by atoms with Crippen molar-refractivity contribution in [3.8, 4) is 0 Å². The van der Waals surface area contributed by atoms with Crippen LogP contribution < -0.4 is 5.73 Å². The Kier molecular flexibility index (Phi) is 5.22. The van der Waals surface area contributed by atoms with Gasteiger partial charge < -0.3 is 10.6 Å². The summed E-state index contributed by atoms with van der Waals surface area (Å²) < 4.78 is 0. The lowest BCUT2D eigenvalue weighted by molar-refractivity contribution is 0.00101. The van der Waals surface area contributed by atoms with Gasteiger partial charge in [0.05, 0.1) is 0 Å². The number of nitrogens with two attached hydrogens (primary N) is 1. The number of hydrogen-bond donors (Lipinski definition) is 1. The van der Waals surface area contributed by atoms with Gasteiger partial charge in [-0.15, -0.1) is 0 Å². The van der Waals surface area contributed by atoms with E-state index in [0.29, 0.717) is 5.41 Å². The third-order valence-electron chi connectivity index (χ3n) is 4.51. The number of likely N-dealkylation sites (N-methyl/N-ethyl adjacent to an activating group) is 2. The van der Waals surface area contributed by atoms with E-state index in [1.807, 2.05) is 0 Å². The second-order valence-corrected chi connectivity index (χ2v) is 7.51. The molecule has 0 saturated heterocycles. The van der Waals surface area contributed by atoms with Crippen LogP contribution >= 0.6 is 0 Å². The van der Waals surface area contributed by atoms with Crippen molar-refractivity contribution in [3.05, 3.63) is 0 Å². The van der Waals surface area contributed by atoms with Crippen molar-refractivity contribution in [1.82, 2.24) is 9.80 Å². The molecule has 0 heterocycles. The number of nitrogens with zero attached hydrogens (tertiary/aromatic N) is 2. The largest absolute Gasteiger partial charge is 0.329 e. The lowest BCUT2D eigenvalue weighted by atomic mass is 9.63. The summed E-state index contributed by atoms with van der Waals surface area (Å²) in [7, 11) is 6.53. The van der Waals surface area contributed by atoms with E-state index >= 15 is 0 Å². The van der Waals surface area contributed by atoms with E-state index in [0.717, 1.165) is 25.6 Å². The van der Waals surface area contributed by atoms with Crippen LogP contribution in [0.5, 0.6) is 0 Å². The molecule has 2 N–H and O–H groups in total. The summed E-state index contributed by atoms with van der Waals surface area (Å²) in [6.07, 6.45) is 3.80. The molecule has 1 saturated carbocycles. The topological polar surface area (TPSA) is 32.5 Å². The van der Waals surface area contributed by atoms with Gasteiger partial charge in [0.1, 0.15) is 0 Å². The van der Waals surface area contributed by atoms with E-state index in [2.05, 4.69) is 51.7 Å². The quantitative estimate of drug-likeness (QED) is 0.816. The SMILES string of the molecule is CC1CC(C)(C)CC(CN)(N(C)CCN(C)C)C1. The number of rotatable bonds is 5. The molecule has 0 radical (unpaired) electrons. The summed E-state index contributed by atoms with van der Waals surface area (Å²) in [5.41, 5.74) is 6.80. The molecule has 0 spiro atoms. The molecule has 0 aromatic rings. The maximum absolute atomic E-state index is 6.17. The maximum atomic E-state index is 6.17. The fourth-order valence-corrected chi connectivity index (χ4v) is 3.89. The van der Waals surface area contributed by atoms with Crippen LogP contribution in [0, 0.1) is 11.3 Å². The minimum absolute atomic E-state index is 0.206. The second-order valence-electron chi connectivity index (χ2n) is 7.51. The van der Waals surface area contributed by atoms with Gasteiger partial charge in [-0.25, -0.2) is 0 Å². The highest BCUT2D eigenvalue weighted by atomic mass is 15.2. The van der Waals surface area contributed by atoms with Crippen LogP contribution in [0.25, 0.3) is 0 Å². The van der Waals surface area contributed by atoms with Gasteiger partial charge in [-0.05, 0) is 51.7 Å². The van der Waals surface area contributed by atoms with Crippen LogP contribution in [0.2, 0.25) is 0 Å². The molecule has 0 amide bonds. The van der Waals surface area contributed by atoms with E-state index in [1.165, 1.54) is 19.3 Å². The molecule has 2 unspecified atom stereocenters. The van der Waals surface area contributed by atoms with Crippen LogP contribution in [0.4, 0.5) is 0 Å². The number of hydrogen-bond acceptors (Lipinski definition) is 3. The van der Waals surface area contributed by atoms with Crippen molar-refractivity contribution in [3.63, 3.8) is 0 Å². The van der Waals surface area contributed by atoms with Crippen LogP contribution in [0.1, 0.15) is 40.0 Å². The Morgan fingerprint density at radius 2 is 1.72 bits per heavy atom. The second kappa shape index (κ2) is 5.89. The first-order valence-electron chi connectivity index (χ1n) is 7.27. The normalized spacial score (nSPS) is 32.2. The molecule has 0 bridgehead atoms. The fraction of sp³-hybridized carbons (Fsp3) is 1.00. The molecule has 1 aliphatic carbocycles. The van der Waals surface area contributed by atoms with Crippen molar-refractivity contribution in [2.45, 2.75) is 45.6 Å². The van der Waals surface area contributed by atoms with Crippen molar-refractivity contribution in [2.24, 2.45) is 17.1 Å². The molecular weight excluding hydrogens is 222 g/mol. The molecule has 18 heavy (non-hydrogen) atoms. The van der Waals surface area contributed by atoms with Crippen molar-refractivity contribution >= 4 is 0 Å². The van der Waals surface area contributed by atoms with Gasteiger partial charge in [0.15, 0.2) is 0 Å². The first-order valence-corrected chi connectivity index (χ1v) is 7.27. The molecule has 1 rings (SSSR count). The van der Waals surface area contributed by atoms with Gasteiger partial charge in [0.2, 0.25) is 0 Å². The maximum Gasteiger partial charge on any atom is 0.0336 e. The molecule has 2 atom stereocenters. The smallest absolute Gasteiger partial charge is 0.0336 e. The molecule has 1 fully saturated rings. The lowest BCUT2D eigenvalue weighted by Crippen LogP contribution is -2.58. The Morgan fingerprint density at radius 3 is 2.17 bits per heavy atom. The Bertz CT molecular complexity index is 262. The van der Waals surface area contributed by atoms with E-state index in [-0.39, 0.29) is 5.54 Å². The molecule has 3 heteroatoms. The average Bonchev–Trinajstić information content (AvgIpc) is 2.22. The predicted octanol–water partition coefficient (Wildman–Crippen LogP) is 2.02. The minimum Gasteiger partial charge on any atom is -0.329 e. The summed E-state index contributed by atoms with van der Waals surface area (Å²) in [5, 5.41) is 0. The fourth-order valence-electron chi connectivity index (χ4n) is 3.89. The van der Waals surface area contributed by atoms with Gasteiger partial charge >= 0.3 is 0 Å². The minimum atomic E-state index is 0.206. The van der Waals surface area contributed by atoms with E-state index < -0.39 is 0 Å². The van der Waals surface area contributed by atoms with Crippen molar-refractivity contribution in [2.75, 3.05) is 40.8 Å². The van der Waals surface area contributed by atoms with Crippen molar-refractivity contribution < 1.29 is 0 Å². The van der Waals surface area contributed by atoms with Crippen LogP contribution in [-0.2, 0) is 0 Å². The standard InChI is InChI=1S/C15H33N3/c1-13-9-14(2,3)11-15(10-13,12-16)18(6)8-7-17(4)5/h13H,7-12,16H2,1-6H3. The summed E-state index contributed by atoms with van der Waals surface area (Å²) >= 11 is 0. The summed E-state index contributed by atoms with van der Waals surface area (Å²) in [5.74, 6) is 0.777. The van der Waals surface area contributed by atoms with Gasteiger partial charge in [-0.3, -0.25) is 4.90 Å². The molecule has 108 valence electrons. The predicted molar refractivity (Wildman–Crippen MR) is 79.8 cm³/mol. The van der Waals surface area contributed by atoms with Crippen LogP contribution in [0.15, 0.2) is 0 Å². The first kappa shape index (κ1) is 15.9. The van der Waals surface area contributed by atoms with Crippen molar-refractivity contribution in [1.29, 1.82) is 0 Å². The first-order chi connectivity index (χ1) is 8.21. The van der Waals surface area contributed by atoms with Crippen LogP contribution in [-0.4, -0.2) is 56.1 Å². The van der Waals surface area contributed by atoms with Crippen LogP contribution in [0.3, 0.4) is 0 Å². The molecular formula is C15H33N3. The molecule has 3 nitrogen and oxygen atoms in total. The highest BCUT2D eigenvalue weighted by molar-refractivity contribution is 5.00. The zero-order chi connectivity index (χ0) is 14.0.